The molecule has 8 heteroatoms. The Morgan fingerprint density at radius 1 is 1.22 bits per heavy atom. The second-order valence-electron chi connectivity index (χ2n) is 4.41. The number of halogens is 2. The molecule has 2 aromatic rings. The fraction of sp³-hybridized carbons (Fsp3) is 0.0667. The smallest absolute Gasteiger partial charge is 0.329 e. The minimum atomic E-state index is -0.879. The highest BCUT2D eigenvalue weighted by Gasteiger charge is 2.11. The van der Waals surface area contributed by atoms with Crippen LogP contribution in [0.1, 0.15) is 11.1 Å². The van der Waals surface area contributed by atoms with E-state index < -0.39 is 11.8 Å². The molecule has 1 aromatic heterocycles. The maximum absolute atomic E-state index is 11.6. The van der Waals surface area contributed by atoms with E-state index in [0.29, 0.717) is 15.6 Å². The van der Waals surface area contributed by atoms with Gasteiger partial charge in [0.25, 0.3) is 0 Å². The van der Waals surface area contributed by atoms with Gasteiger partial charge in [0, 0.05) is 29.5 Å². The molecule has 1 aromatic carbocycles. The van der Waals surface area contributed by atoms with Crippen molar-refractivity contribution in [1.29, 1.82) is 0 Å². The van der Waals surface area contributed by atoms with E-state index in [4.69, 9.17) is 23.2 Å². The molecule has 2 N–H and O–H groups in total. The van der Waals surface area contributed by atoms with E-state index in [0.717, 1.165) is 5.56 Å². The van der Waals surface area contributed by atoms with E-state index in [1.807, 2.05) is 0 Å². The number of hydrogen-bond acceptors (Lipinski definition) is 4. The Morgan fingerprint density at radius 3 is 2.74 bits per heavy atom. The third-order valence-electron chi connectivity index (χ3n) is 2.71. The van der Waals surface area contributed by atoms with Gasteiger partial charge in [-0.3, -0.25) is 14.6 Å². The third kappa shape index (κ3) is 5.36. The van der Waals surface area contributed by atoms with Gasteiger partial charge in [0.2, 0.25) is 0 Å². The molecule has 0 aliphatic carbocycles. The Kier molecular flexibility index (Phi) is 6.08. The summed E-state index contributed by atoms with van der Waals surface area (Å²) in [6.07, 6.45) is 4.54. The number of nitrogens with one attached hydrogen (secondary N) is 2. The van der Waals surface area contributed by atoms with Gasteiger partial charge in [-0.2, -0.15) is 5.10 Å². The van der Waals surface area contributed by atoms with E-state index in [1.54, 1.807) is 42.7 Å². The standard InChI is InChI=1S/C15H12Cl2N4O2/c16-12-4-3-11(13(17)6-12)9-20-21-15(23)14(22)19-8-10-2-1-5-18-7-10/h1-7,9H,8H2,(H,19,22)(H,21,23)/b20-9+. The summed E-state index contributed by atoms with van der Waals surface area (Å²) in [4.78, 5) is 27.1. The zero-order valence-corrected chi connectivity index (χ0v) is 13.3. The summed E-state index contributed by atoms with van der Waals surface area (Å²) >= 11 is 11.7. The van der Waals surface area contributed by atoms with Gasteiger partial charge in [0.15, 0.2) is 0 Å². The molecule has 0 aliphatic rings. The number of hydrogen-bond donors (Lipinski definition) is 2. The molecule has 0 unspecified atom stereocenters. The number of aromatic nitrogens is 1. The lowest BCUT2D eigenvalue weighted by Gasteiger charge is -2.03. The van der Waals surface area contributed by atoms with Crippen LogP contribution in [0.4, 0.5) is 0 Å². The van der Waals surface area contributed by atoms with E-state index in [2.05, 4.69) is 20.8 Å². The van der Waals surface area contributed by atoms with E-state index in [-0.39, 0.29) is 6.54 Å². The highest BCUT2D eigenvalue weighted by atomic mass is 35.5. The monoisotopic (exact) mass is 350 g/mol. The first-order chi connectivity index (χ1) is 11.1. The van der Waals surface area contributed by atoms with Crippen LogP contribution in [0.15, 0.2) is 47.8 Å². The van der Waals surface area contributed by atoms with Gasteiger partial charge in [-0.15, -0.1) is 0 Å². The fourth-order valence-corrected chi connectivity index (χ4v) is 2.04. The van der Waals surface area contributed by atoms with Crippen molar-refractivity contribution in [2.45, 2.75) is 6.54 Å². The number of amides is 2. The van der Waals surface area contributed by atoms with Gasteiger partial charge in [-0.1, -0.05) is 35.3 Å². The lowest BCUT2D eigenvalue weighted by molar-refractivity contribution is -0.139. The minimum absolute atomic E-state index is 0.201. The molecule has 0 bridgehead atoms. The Bertz CT molecular complexity index is 736. The van der Waals surface area contributed by atoms with Crippen LogP contribution >= 0.6 is 23.2 Å². The lowest BCUT2D eigenvalue weighted by atomic mass is 10.2. The van der Waals surface area contributed by atoms with Gasteiger partial charge >= 0.3 is 11.8 Å². The normalized spacial score (nSPS) is 10.5. The van der Waals surface area contributed by atoms with Crippen LogP contribution in [0.25, 0.3) is 0 Å². The van der Waals surface area contributed by atoms with Crippen molar-refractivity contribution in [3.63, 3.8) is 0 Å². The highest BCUT2D eigenvalue weighted by molar-refractivity contribution is 6.36. The van der Waals surface area contributed by atoms with Crippen molar-refractivity contribution in [1.82, 2.24) is 15.7 Å². The largest absolute Gasteiger partial charge is 0.344 e. The quantitative estimate of drug-likeness (QED) is 0.503. The molecular weight excluding hydrogens is 339 g/mol. The maximum Gasteiger partial charge on any atom is 0.329 e. The number of hydrazone groups is 1. The van der Waals surface area contributed by atoms with Gasteiger partial charge in [-0.25, -0.2) is 5.43 Å². The molecule has 0 atom stereocenters. The minimum Gasteiger partial charge on any atom is -0.344 e. The zero-order valence-electron chi connectivity index (χ0n) is 11.8. The summed E-state index contributed by atoms with van der Waals surface area (Å²) < 4.78 is 0. The summed E-state index contributed by atoms with van der Waals surface area (Å²) in [5, 5.41) is 7.02. The van der Waals surface area contributed by atoms with Gasteiger partial charge in [0.1, 0.15) is 0 Å². The molecule has 2 amide bonds. The van der Waals surface area contributed by atoms with Crippen LogP contribution in [0, 0.1) is 0 Å². The third-order valence-corrected chi connectivity index (χ3v) is 3.28. The van der Waals surface area contributed by atoms with Crippen molar-refractivity contribution in [2.75, 3.05) is 0 Å². The molecule has 23 heavy (non-hydrogen) atoms. The summed E-state index contributed by atoms with van der Waals surface area (Å²) in [7, 11) is 0. The summed E-state index contributed by atoms with van der Waals surface area (Å²) in [5.41, 5.74) is 3.46. The number of rotatable bonds is 4. The molecule has 0 saturated carbocycles. The van der Waals surface area contributed by atoms with Crippen LogP contribution in [0.3, 0.4) is 0 Å². The number of carbonyl (C=O) groups is 2. The summed E-state index contributed by atoms with van der Waals surface area (Å²) in [6, 6.07) is 8.35. The number of benzene rings is 1. The van der Waals surface area contributed by atoms with Crippen molar-refractivity contribution < 1.29 is 9.59 Å². The van der Waals surface area contributed by atoms with Crippen LogP contribution < -0.4 is 10.7 Å². The SMILES string of the molecule is O=C(NCc1cccnc1)C(=O)N/N=C/c1ccc(Cl)cc1Cl. The topological polar surface area (TPSA) is 83.5 Å². The van der Waals surface area contributed by atoms with E-state index in [1.165, 1.54) is 6.21 Å². The molecule has 6 nitrogen and oxygen atoms in total. The van der Waals surface area contributed by atoms with Crippen molar-refractivity contribution >= 4 is 41.2 Å². The first kappa shape index (κ1) is 16.9. The number of carbonyl (C=O) groups excluding carboxylic acids is 2. The molecule has 2 rings (SSSR count). The average molecular weight is 351 g/mol. The Hall–Kier alpha value is -2.44. The summed E-state index contributed by atoms with van der Waals surface area (Å²) in [5.74, 6) is -1.68. The molecule has 0 saturated heterocycles. The lowest BCUT2D eigenvalue weighted by Crippen LogP contribution is -2.37. The molecule has 118 valence electrons. The Labute approximate surface area is 142 Å². The second-order valence-corrected chi connectivity index (χ2v) is 5.25. The second kappa shape index (κ2) is 8.26. The van der Waals surface area contributed by atoms with Crippen LogP contribution in [0.2, 0.25) is 10.0 Å². The predicted molar refractivity (Wildman–Crippen MR) is 88.3 cm³/mol. The Morgan fingerprint density at radius 2 is 2.04 bits per heavy atom. The summed E-state index contributed by atoms with van der Waals surface area (Å²) in [6.45, 7) is 0.201. The van der Waals surface area contributed by atoms with Crippen molar-refractivity contribution in [2.24, 2.45) is 5.10 Å². The van der Waals surface area contributed by atoms with Gasteiger partial charge in [-0.05, 0) is 23.8 Å². The van der Waals surface area contributed by atoms with Crippen LogP contribution in [-0.4, -0.2) is 23.0 Å². The molecular formula is C15H12Cl2N4O2. The first-order valence-electron chi connectivity index (χ1n) is 6.51. The fourth-order valence-electron chi connectivity index (χ4n) is 1.58. The van der Waals surface area contributed by atoms with Crippen LogP contribution in [-0.2, 0) is 16.1 Å². The molecule has 0 spiro atoms. The number of pyridine rings is 1. The molecule has 0 radical (unpaired) electrons. The van der Waals surface area contributed by atoms with Crippen molar-refractivity contribution in [3.8, 4) is 0 Å². The molecule has 0 aliphatic heterocycles. The number of nitrogens with zero attached hydrogens (tertiary/aromatic N) is 2. The molecule has 1 heterocycles. The highest BCUT2D eigenvalue weighted by Crippen LogP contribution is 2.19. The van der Waals surface area contributed by atoms with E-state index >= 15 is 0 Å². The van der Waals surface area contributed by atoms with E-state index in [9.17, 15) is 9.59 Å². The Balaban J connectivity index is 1.84. The van der Waals surface area contributed by atoms with Crippen LogP contribution in [0.5, 0.6) is 0 Å². The molecule has 0 fully saturated rings. The van der Waals surface area contributed by atoms with Crippen molar-refractivity contribution in [3.05, 3.63) is 63.9 Å². The first-order valence-corrected chi connectivity index (χ1v) is 7.27. The predicted octanol–water partition coefficient (Wildman–Crippen LogP) is 2.15. The van der Waals surface area contributed by atoms with Gasteiger partial charge in [0.05, 0.1) is 11.2 Å². The maximum atomic E-state index is 11.6. The van der Waals surface area contributed by atoms with Gasteiger partial charge < -0.3 is 5.32 Å². The average Bonchev–Trinajstić information content (AvgIpc) is 2.55. The zero-order chi connectivity index (χ0) is 16.7.